The molecule has 0 aliphatic carbocycles. The highest BCUT2D eigenvalue weighted by atomic mass is 79.9. The van der Waals surface area contributed by atoms with Crippen LogP contribution >= 0.6 is 15.9 Å². The van der Waals surface area contributed by atoms with Crippen LogP contribution in [0.25, 0.3) is 6.08 Å². The molecule has 0 unspecified atom stereocenters. The lowest BCUT2D eigenvalue weighted by Crippen LogP contribution is -2.02. The number of nitrogens with zero attached hydrogens (tertiary/aromatic N) is 1. The van der Waals surface area contributed by atoms with E-state index >= 15 is 0 Å². The highest BCUT2D eigenvalue weighted by Crippen LogP contribution is 2.22. The van der Waals surface area contributed by atoms with Gasteiger partial charge in [-0.3, -0.25) is 4.98 Å². The summed E-state index contributed by atoms with van der Waals surface area (Å²) in [6, 6.07) is 9.65. The monoisotopic (exact) mass is 323 g/mol. The van der Waals surface area contributed by atoms with E-state index in [0.29, 0.717) is 5.69 Å². The Morgan fingerprint density at radius 3 is 2.17 bits per heavy atom. The van der Waals surface area contributed by atoms with Crippen LogP contribution in [0.2, 0.25) is 0 Å². The predicted octanol–water partition coefficient (Wildman–Crippen LogP) is 3.32. The summed E-state index contributed by atoms with van der Waals surface area (Å²) in [5, 5.41) is 0. The van der Waals surface area contributed by atoms with Crippen LogP contribution in [0.5, 0.6) is 0 Å². The second-order valence-corrected chi connectivity index (χ2v) is 6.45. The lowest BCUT2D eigenvalue weighted by Gasteiger charge is -2.04. The molecule has 2 rings (SSSR count). The molecular weight excluding hydrogens is 314 g/mol. The molecule has 0 saturated carbocycles. The van der Waals surface area contributed by atoms with Crippen molar-refractivity contribution < 1.29 is 8.42 Å². The number of aromatic nitrogens is 1. The molecule has 2 aromatic rings. The molecule has 1 aromatic carbocycles. The van der Waals surface area contributed by atoms with E-state index in [-0.39, 0.29) is 9.79 Å². The molecule has 5 heteroatoms. The van der Waals surface area contributed by atoms with Crippen LogP contribution in [0.1, 0.15) is 5.69 Å². The first kappa shape index (κ1) is 13.0. The quantitative estimate of drug-likeness (QED) is 0.870. The van der Waals surface area contributed by atoms with Gasteiger partial charge in [-0.25, -0.2) is 8.42 Å². The van der Waals surface area contributed by atoms with Crippen molar-refractivity contribution in [1.29, 1.82) is 0 Å². The summed E-state index contributed by atoms with van der Waals surface area (Å²) in [5.41, 5.74) is 0.643. The van der Waals surface area contributed by atoms with Gasteiger partial charge in [-0.15, -0.1) is 0 Å². The molecule has 0 atom stereocenters. The zero-order valence-electron chi connectivity index (χ0n) is 9.38. The zero-order chi connectivity index (χ0) is 13.2. The summed E-state index contributed by atoms with van der Waals surface area (Å²) in [6.07, 6.45) is 2.91. The molecule has 0 fully saturated rings. The van der Waals surface area contributed by atoms with Gasteiger partial charge < -0.3 is 0 Å². The van der Waals surface area contributed by atoms with Crippen molar-refractivity contribution >= 4 is 31.8 Å². The second kappa shape index (κ2) is 5.04. The minimum atomic E-state index is -3.50. The smallest absolute Gasteiger partial charge is 0.208 e. The van der Waals surface area contributed by atoms with E-state index in [1.54, 1.807) is 36.4 Å². The number of sulfone groups is 1. The van der Waals surface area contributed by atoms with Gasteiger partial charge >= 0.3 is 0 Å². The number of halogens is 1. The molecule has 0 radical (unpaired) electrons. The summed E-state index contributed by atoms with van der Waals surface area (Å²) < 4.78 is 25.4. The molecule has 1 aromatic heterocycles. The summed E-state index contributed by atoms with van der Waals surface area (Å²) in [6.45, 7) is 3.57. The summed E-state index contributed by atoms with van der Waals surface area (Å²) in [7, 11) is -3.50. The summed E-state index contributed by atoms with van der Waals surface area (Å²) in [5.74, 6) is 0. The Morgan fingerprint density at radius 2 is 1.67 bits per heavy atom. The molecule has 0 aliphatic rings. The number of hydrogen-bond acceptors (Lipinski definition) is 3. The summed E-state index contributed by atoms with van der Waals surface area (Å²) in [4.78, 5) is 4.43. The normalized spacial score (nSPS) is 11.2. The topological polar surface area (TPSA) is 47.0 Å². The molecule has 18 heavy (non-hydrogen) atoms. The molecule has 0 aliphatic heterocycles. The zero-order valence-corrected chi connectivity index (χ0v) is 11.8. The van der Waals surface area contributed by atoms with Crippen molar-refractivity contribution in [2.24, 2.45) is 0 Å². The molecule has 3 nitrogen and oxygen atoms in total. The third kappa shape index (κ3) is 2.52. The molecule has 0 amide bonds. The SMILES string of the molecule is C=Cc1ccc(S(=O)(=O)c2ccc(Br)cc2)cn1. The lowest BCUT2D eigenvalue weighted by molar-refractivity contribution is 0.595. The number of benzene rings is 1. The van der Waals surface area contributed by atoms with Crippen LogP contribution < -0.4 is 0 Å². The van der Waals surface area contributed by atoms with Crippen LogP contribution in [-0.2, 0) is 9.84 Å². The molecule has 0 saturated heterocycles. The van der Waals surface area contributed by atoms with Crippen LogP contribution in [0, 0.1) is 0 Å². The fourth-order valence-corrected chi connectivity index (χ4v) is 2.89. The van der Waals surface area contributed by atoms with Crippen LogP contribution in [0.4, 0.5) is 0 Å². The van der Waals surface area contributed by atoms with Crippen molar-refractivity contribution in [1.82, 2.24) is 4.98 Å². The first-order chi connectivity index (χ1) is 8.54. The fourth-order valence-electron chi connectivity index (χ4n) is 1.42. The molecule has 92 valence electrons. The van der Waals surface area contributed by atoms with E-state index in [0.717, 1.165) is 4.47 Å². The van der Waals surface area contributed by atoms with Gasteiger partial charge in [0.1, 0.15) is 0 Å². The van der Waals surface area contributed by atoms with Crippen LogP contribution in [0.15, 0.2) is 63.4 Å². The van der Waals surface area contributed by atoms with Crippen molar-refractivity contribution in [3.63, 3.8) is 0 Å². The molecule has 1 heterocycles. The maximum Gasteiger partial charge on any atom is 0.208 e. The molecule has 0 spiro atoms. The second-order valence-electron chi connectivity index (χ2n) is 3.58. The maximum atomic E-state index is 12.3. The average molecular weight is 324 g/mol. The minimum absolute atomic E-state index is 0.176. The van der Waals surface area contributed by atoms with E-state index in [1.165, 1.54) is 12.3 Å². The Bertz CT molecular complexity index is 661. The highest BCUT2D eigenvalue weighted by Gasteiger charge is 2.17. The van der Waals surface area contributed by atoms with Gasteiger partial charge in [0.25, 0.3) is 0 Å². The summed E-state index contributed by atoms with van der Waals surface area (Å²) >= 11 is 3.27. The highest BCUT2D eigenvalue weighted by molar-refractivity contribution is 9.10. The van der Waals surface area contributed by atoms with E-state index in [4.69, 9.17) is 0 Å². The van der Waals surface area contributed by atoms with Gasteiger partial charge in [-0.1, -0.05) is 22.5 Å². The first-order valence-electron chi connectivity index (χ1n) is 5.13. The van der Waals surface area contributed by atoms with Crippen molar-refractivity contribution in [2.75, 3.05) is 0 Å². The third-order valence-corrected chi connectivity index (χ3v) is 4.69. The van der Waals surface area contributed by atoms with E-state index in [2.05, 4.69) is 27.5 Å². The average Bonchev–Trinajstić information content (AvgIpc) is 2.39. The van der Waals surface area contributed by atoms with Crippen molar-refractivity contribution in [2.45, 2.75) is 9.79 Å². The van der Waals surface area contributed by atoms with Crippen molar-refractivity contribution in [3.8, 4) is 0 Å². The van der Waals surface area contributed by atoms with Crippen LogP contribution in [-0.4, -0.2) is 13.4 Å². The lowest BCUT2D eigenvalue weighted by atomic mass is 10.3. The standard InChI is InChI=1S/C13H10BrNO2S/c1-2-11-5-8-13(9-15-11)18(16,17)12-6-3-10(14)4-7-12/h2-9H,1H2. The van der Waals surface area contributed by atoms with Gasteiger partial charge in [0.15, 0.2) is 0 Å². The van der Waals surface area contributed by atoms with Gasteiger partial charge in [-0.05, 0) is 42.5 Å². The molecule has 0 N–H and O–H groups in total. The van der Waals surface area contributed by atoms with Gasteiger partial charge in [0.05, 0.1) is 15.5 Å². The number of rotatable bonds is 3. The van der Waals surface area contributed by atoms with Crippen molar-refractivity contribution in [3.05, 3.63) is 59.3 Å². The Kier molecular flexibility index (Phi) is 3.63. The third-order valence-electron chi connectivity index (χ3n) is 2.40. The molecular formula is C13H10BrNO2S. The Labute approximate surface area is 114 Å². The Hall–Kier alpha value is -1.46. The first-order valence-corrected chi connectivity index (χ1v) is 7.41. The largest absolute Gasteiger partial charge is 0.256 e. The number of hydrogen-bond donors (Lipinski definition) is 0. The number of pyridine rings is 1. The van der Waals surface area contributed by atoms with E-state index in [1.807, 2.05) is 0 Å². The van der Waals surface area contributed by atoms with Gasteiger partial charge in [0.2, 0.25) is 9.84 Å². The van der Waals surface area contributed by atoms with Gasteiger partial charge in [0, 0.05) is 10.7 Å². The molecule has 0 bridgehead atoms. The Morgan fingerprint density at radius 1 is 1.06 bits per heavy atom. The van der Waals surface area contributed by atoms with E-state index in [9.17, 15) is 8.42 Å². The maximum absolute atomic E-state index is 12.3. The van der Waals surface area contributed by atoms with E-state index < -0.39 is 9.84 Å². The van der Waals surface area contributed by atoms with Crippen LogP contribution in [0.3, 0.4) is 0 Å². The fraction of sp³-hybridized carbons (Fsp3) is 0. The van der Waals surface area contributed by atoms with Gasteiger partial charge in [-0.2, -0.15) is 0 Å². The Balaban J connectivity index is 2.47. The predicted molar refractivity (Wildman–Crippen MR) is 73.9 cm³/mol. The minimum Gasteiger partial charge on any atom is -0.256 e.